The van der Waals surface area contributed by atoms with E-state index in [0.717, 1.165) is 4.47 Å². The minimum Gasteiger partial charge on any atom is -0.477 e. The fraction of sp³-hybridized carbons (Fsp3) is 0. The lowest BCUT2D eigenvalue weighted by molar-refractivity contribution is 0.0696. The Labute approximate surface area is 105 Å². The van der Waals surface area contributed by atoms with E-state index in [1.54, 1.807) is 24.3 Å². The molecule has 0 saturated heterocycles. The molecule has 0 unspecified atom stereocenters. The second-order valence-corrected chi connectivity index (χ2v) is 4.33. The van der Waals surface area contributed by atoms with Crippen LogP contribution in [0.3, 0.4) is 0 Å². The van der Waals surface area contributed by atoms with Gasteiger partial charge in [0.1, 0.15) is 5.56 Å². The number of halogens is 1. The molecule has 4 nitrogen and oxygen atoms in total. The molecule has 5 heteroatoms. The summed E-state index contributed by atoms with van der Waals surface area (Å²) in [5.41, 5.74) is 0.242. The van der Waals surface area contributed by atoms with Crippen molar-refractivity contribution in [3.05, 3.63) is 56.9 Å². The summed E-state index contributed by atoms with van der Waals surface area (Å²) >= 11 is 3.31. The van der Waals surface area contributed by atoms with E-state index in [1.165, 1.54) is 6.20 Å². The second-order valence-electron chi connectivity index (χ2n) is 3.41. The van der Waals surface area contributed by atoms with E-state index < -0.39 is 11.5 Å². The number of hydrogen-bond donors (Lipinski definition) is 2. The number of nitrogens with one attached hydrogen (secondary N) is 1. The third-order valence-corrected chi connectivity index (χ3v) is 2.80. The number of carboxylic acid groups (broad SMARTS) is 1. The maximum atomic E-state index is 11.5. The first-order chi connectivity index (χ1) is 8.09. The maximum absolute atomic E-state index is 11.5. The van der Waals surface area contributed by atoms with Crippen LogP contribution in [0.1, 0.15) is 10.4 Å². The molecule has 0 saturated carbocycles. The highest BCUT2D eigenvalue weighted by atomic mass is 79.9. The van der Waals surface area contributed by atoms with Gasteiger partial charge in [-0.1, -0.05) is 28.1 Å². The van der Waals surface area contributed by atoms with E-state index in [9.17, 15) is 9.59 Å². The van der Waals surface area contributed by atoms with E-state index in [4.69, 9.17) is 5.11 Å². The molecule has 1 heterocycles. The normalized spacial score (nSPS) is 10.2. The molecule has 0 atom stereocenters. The summed E-state index contributed by atoms with van der Waals surface area (Å²) in [6.45, 7) is 0. The third kappa shape index (κ3) is 2.29. The predicted molar refractivity (Wildman–Crippen MR) is 67.2 cm³/mol. The molecule has 0 aliphatic heterocycles. The van der Waals surface area contributed by atoms with Crippen LogP contribution < -0.4 is 5.56 Å². The Kier molecular flexibility index (Phi) is 3.10. The van der Waals surface area contributed by atoms with Gasteiger partial charge in [-0.25, -0.2) is 4.79 Å². The van der Waals surface area contributed by atoms with Gasteiger partial charge in [0, 0.05) is 16.2 Å². The molecule has 1 aromatic carbocycles. The summed E-state index contributed by atoms with van der Waals surface area (Å²) in [5.74, 6) is -1.23. The minimum absolute atomic E-state index is 0.245. The van der Waals surface area contributed by atoms with Crippen molar-refractivity contribution in [3.8, 4) is 11.1 Å². The average Bonchev–Trinajstić information content (AvgIpc) is 2.28. The van der Waals surface area contributed by atoms with Crippen molar-refractivity contribution in [1.29, 1.82) is 0 Å². The topological polar surface area (TPSA) is 70.2 Å². The summed E-state index contributed by atoms with van der Waals surface area (Å²) in [4.78, 5) is 24.9. The Hall–Kier alpha value is -1.88. The fourth-order valence-electron chi connectivity index (χ4n) is 1.59. The number of hydrogen-bond acceptors (Lipinski definition) is 2. The van der Waals surface area contributed by atoms with Crippen molar-refractivity contribution in [3.63, 3.8) is 0 Å². The number of aromatic carboxylic acids is 1. The van der Waals surface area contributed by atoms with Crippen LogP contribution in [0.5, 0.6) is 0 Å². The third-order valence-electron chi connectivity index (χ3n) is 2.31. The Morgan fingerprint density at radius 1 is 1.29 bits per heavy atom. The van der Waals surface area contributed by atoms with E-state index in [2.05, 4.69) is 20.9 Å². The van der Waals surface area contributed by atoms with Gasteiger partial charge < -0.3 is 10.1 Å². The molecule has 2 N–H and O–H groups in total. The van der Waals surface area contributed by atoms with Gasteiger partial charge in [0.05, 0.1) is 0 Å². The summed E-state index contributed by atoms with van der Waals surface area (Å²) in [5, 5.41) is 9.05. The zero-order valence-corrected chi connectivity index (χ0v) is 10.2. The lowest BCUT2D eigenvalue weighted by Gasteiger charge is -2.05. The smallest absolute Gasteiger partial charge is 0.341 e. The van der Waals surface area contributed by atoms with Gasteiger partial charge in [0.15, 0.2) is 0 Å². The zero-order valence-electron chi connectivity index (χ0n) is 8.61. The Bertz CT molecular complexity index is 634. The number of benzene rings is 1. The van der Waals surface area contributed by atoms with Gasteiger partial charge in [0.2, 0.25) is 0 Å². The Morgan fingerprint density at radius 3 is 2.71 bits per heavy atom. The number of aromatic amines is 1. The fourth-order valence-corrected chi connectivity index (χ4v) is 1.99. The molecule has 0 aliphatic rings. The number of carboxylic acids is 1. The molecule has 0 bridgehead atoms. The van der Waals surface area contributed by atoms with E-state index in [-0.39, 0.29) is 5.56 Å². The van der Waals surface area contributed by atoms with E-state index >= 15 is 0 Å². The highest BCUT2D eigenvalue weighted by molar-refractivity contribution is 9.10. The monoisotopic (exact) mass is 293 g/mol. The standard InChI is InChI=1S/C12H8BrNO3/c13-8-3-1-2-7(6-8)9-4-5-14-11(15)10(9)12(16)17/h1-6H,(H,14,15)(H,16,17). The Morgan fingerprint density at radius 2 is 2.06 bits per heavy atom. The van der Waals surface area contributed by atoms with Crippen LogP contribution in [-0.2, 0) is 0 Å². The highest BCUT2D eigenvalue weighted by Gasteiger charge is 2.15. The molecule has 0 fully saturated rings. The summed E-state index contributed by atoms with van der Waals surface area (Å²) in [6, 6.07) is 8.71. The van der Waals surface area contributed by atoms with E-state index in [0.29, 0.717) is 11.1 Å². The number of carbonyl (C=O) groups is 1. The molecular weight excluding hydrogens is 286 g/mol. The second kappa shape index (κ2) is 4.55. The van der Waals surface area contributed by atoms with Gasteiger partial charge >= 0.3 is 5.97 Å². The molecule has 17 heavy (non-hydrogen) atoms. The van der Waals surface area contributed by atoms with Gasteiger partial charge in [-0.2, -0.15) is 0 Å². The number of aromatic nitrogens is 1. The quantitative estimate of drug-likeness (QED) is 0.894. The average molecular weight is 294 g/mol. The van der Waals surface area contributed by atoms with Crippen LogP contribution >= 0.6 is 15.9 Å². The molecule has 0 aliphatic carbocycles. The van der Waals surface area contributed by atoms with Gasteiger partial charge in [0.25, 0.3) is 5.56 Å². The van der Waals surface area contributed by atoms with Crippen molar-refractivity contribution in [2.24, 2.45) is 0 Å². The highest BCUT2D eigenvalue weighted by Crippen LogP contribution is 2.24. The van der Waals surface area contributed by atoms with Crippen LogP contribution in [0.15, 0.2) is 45.8 Å². The maximum Gasteiger partial charge on any atom is 0.341 e. The van der Waals surface area contributed by atoms with Crippen LogP contribution in [0, 0.1) is 0 Å². The van der Waals surface area contributed by atoms with Crippen LogP contribution in [-0.4, -0.2) is 16.1 Å². The molecular formula is C12H8BrNO3. The van der Waals surface area contributed by atoms with Gasteiger partial charge in [-0.3, -0.25) is 4.79 Å². The largest absolute Gasteiger partial charge is 0.477 e. The lowest BCUT2D eigenvalue weighted by Crippen LogP contribution is -2.18. The summed E-state index contributed by atoms with van der Waals surface area (Å²) in [7, 11) is 0. The first-order valence-corrected chi connectivity index (χ1v) is 5.60. The van der Waals surface area contributed by atoms with Crippen molar-refractivity contribution in [2.75, 3.05) is 0 Å². The summed E-state index contributed by atoms with van der Waals surface area (Å²) in [6.07, 6.45) is 1.44. The molecule has 1 aromatic heterocycles. The zero-order chi connectivity index (χ0) is 12.4. The van der Waals surface area contributed by atoms with Gasteiger partial charge in [-0.05, 0) is 23.8 Å². The lowest BCUT2D eigenvalue weighted by atomic mass is 10.0. The number of rotatable bonds is 2. The molecule has 0 amide bonds. The minimum atomic E-state index is -1.23. The van der Waals surface area contributed by atoms with Crippen molar-refractivity contribution >= 4 is 21.9 Å². The first-order valence-electron chi connectivity index (χ1n) is 4.80. The molecule has 86 valence electrons. The molecule has 0 radical (unpaired) electrons. The van der Waals surface area contributed by atoms with Gasteiger partial charge in [-0.15, -0.1) is 0 Å². The van der Waals surface area contributed by atoms with Crippen molar-refractivity contribution in [1.82, 2.24) is 4.98 Å². The van der Waals surface area contributed by atoms with Crippen LogP contribution in [0.25, 0.3) is 11.1 Å². The predicted octanol–water partition coefficient (Wildman–Crippen LogP) is 2.50. The number of H-pyrrole nitrogens is 1. The molecule has 2 rings (SSSR count). The SMILES string of the molecule is O=C(O)c1c(-c2cccc(Br)c2)cc[nH]c1=O. The number of pyridine rings is 1. The van der Waals surface area contributed by atoms with Crippen LogP contribution in [0.2, 0.25) is 0 Å². The van der Waals surface area contributed by atoms with E-state index in [1.807, 2.05) is 6.07 Å². The Balaban J connectivity index is 2.72. The summed E-state index contributed by atoms with van der Waals surface area (Å²) < 4.78 is 0.826. The van der Waals surface area contributed by atoms with Crippen molar-refractivity contribution in [2.45, 2.75) is 0 Å². The van der Waals surface area contributed by atoms with Crippen molar-refractivity contribution < 1.29 is 9.90 Å². The van der Waals surface area contributed by atoms with Crippen LogP contribution in [0.4, 0.5) is 0 Å². The molecule has 0 spiro atoms. The molecule has 2 aromatic rings. The first kappa shape index (κ1) is 11.6.